The first kappa shape index (κ1) is 12.6. The summed E-state index contributed by atoms with van der Waals surface area (Å²) in [5, 5.41) is 3.68. The number of hydrogen-bond donors (Lipinski definition) is 1. The normalized spacial score (nSPS) is 17.7. The van der Waals surface area contributed by atoms with Gasteiger partial charge in [0.2, 0.25) is 0 Å². The van der Waals surface area contributed by atoms with Crippen molar-refractivity contribution in [3.05, 3.63) is 30.1 Å². The number of nitrogens with one attached hydrogen (secondary N) is 1. The van der Waals surface area contributed by atoms with Gasteiger partial charge in [-0.25, -0.2) is 0 Å². The molecular formula is C15H24N2. The third-order valence-electron chi connectivity index (χ3n) is 3.71. The van der Waals surface area contributed by atoms with Crippen LogP contribution in [0.1, 0.15) is 44.7 Å². The highest BCUT2D eigenvalue weighted by molar-refractivity contribution is 5.05. The highest BCUT2D eigenvalue weighted by Crippen LogP contribution is 2.31. The van der Waals surface area contributed by atoms with Crippen molar-refractivity contribution < 1.29 is 0 Å². The first-order valence-corrected chi connectivity index (χ1v) is 7.01. The van der Waals surface area contributed by atoms with E-state index in [0.717, 1.165) is 18.9 Å². The molecule has 0 bridgehead atoms. The second-order valence-electron chi connectivity index (χ2n) is 5.21. The van der Waals surface area contributed by atoms with E-state index < -0.39 is 0 Å². The van der Waals surface area contributed by atoms with Crippen LogP contribution >= 0.6 is 0 Å². The van der Waals surface area contributed by atoms with E-state index in [1.807, 2.05) is 12.3 Å². The van der Waals surface area contributed by atoms with Crippen molar-refractivity contribution in [2.24, 2.45) is 5.92 Å². The quantitative estimate of drug-likeness (QED) is 0.781. The molecule has 0 radical (unpaired) electrons. The Bertz CT molecular complexity index is 306. The van der Waals surface area contributed by atoms with Gasteiger partial charge in [-0.05, 0) is 37.4 Å². The van der Waals surface area contributed by atoms with Crippen LogP contribution < -0.4 is 5.32 Å². The van der Waals surface area contributed by atoms with Gasteiger partial charge in [-0.2, -0.15) is 0 Å². The SMILES string of the molecule is CCCNC(Cc1ccccn1)CC1CCC1. The molecule has 2 rings (SSSR count). The van der Waals surface area contributed by atoms with Crippen LogP contribution in [-0.2, 0) is 6.42 Å². The van der Waals surface area contributed by atoms with Gasteiger partial charge in [0.1, 0.15) is 0 Å². The predicted octanol–water partition coefficient (Wildman–Crippen LogP) is 3.18. The Morgan fingerprint density at radius 3 is 2.88 bits per heavy atom. The van der Waals surface area contributed by atoms with Crippen molar-refractivity contribution in [1.82, 2.24) is 10.3 Å². The fourth-order valence-corrected chi connectivity index (χ4v) is 2.49. The topological polar surface area (TPSA) is 24.9 Å². The maximum Gasteiger partial charge on any atom is 0.0419 e. The van der Waals surface area contributed by atoms with E-state index in [1.54, 1.807) is 0 Å². The average Bonchev–Trinajstić information content (AvgIpc) is 2.31. The van der Waals surface area contributed by atoms with Crippen molar-refractivity contribution in [3.8, 4) is 0 Å². The largest absolute Gasteiger partial charge is 0.314 e. The predicted molar refractivity (Wildman–Crippen MR) is 72.0 cm³/mol. The Hall–Kier alpha value is -0.890. The van der Waals surface area contributed by atoms with Crippen LogP contribution in [0.2, 0.25) is 0 Å². The number of rotatable bonds is 7. The molecule has 1 heterocycles. The van der Waals surface area contributed by atoms with E-state index in [0.29, 0.717) is 6.04 Å². The zero-order valence-electron chi connectivity index (χ0n) is 10.9. The highest BCUT2D eigenvalue weighted by Gasteiger charge is 2.22. The van der Waals surface area contributed by atoms with Gasteiger partial charge in [0.15, 0.2) is 0 Å². The van der Waals surface area contributed by atoms with Crippen LogP contribution in [-0.4, -0.2) is 17.6 Å². The second kappa shape index (κ2) is 6.75. The molecule has 1 unspecified atom stereocenters. The number of hydrogen-bond acceptors (Lipinski definition) is 2. The van der Waals surface area contributed by atoms with Crippen LogP contribution in [0, 0.1) is 5.92 Å². The number of pyridine rings is 1. The van der Waals surface area contributed by atoms with Crippen LogP contribution in [0.5, 0.6) is 0 Å². The summed E-state index contributed by atoms with van der Waals surface area (Å²) in [6.07, 6.45) is 9.83. The molecular weight excluding hydrogens is 208 g/mol. The minimum absolute atomic E-state index is 0.621. The third kappa shape index (κ3) is 4.12. The van der Waals surface area contributed by atoms with Crippen LogP contribution in [0.4, 0.5) is 0 Å². The molecule has 2 nitrogen and oxygen atoms in total. The van der Waals surface area contributed by atoms with E-state index in [4.69, 9.17) is 0 Å². The fourth-order valence-electron chi connectivity index (χ4n) is 2.49. The van der Waals surface area contributed by atoms with Crippen molar-refractivity contribution in [3.63, 3.8) is 0 Å². The molecule has 1 aliphatic rings. The maximum absolute atomic E-state index is 4.44. The number of aromatic nitrogens is 1. The molecule has 94 valence electrons. The van der Waals surface area contributed by atoms with Gasteiger partial charge in [0.25, 0.3) is 0 Å². The Balaban J connectivity index is 1.85. The molecule has 1 atom stereocenters. The summed E-state index contributed by atoms with van der Waals surface area (Å²) in [6.45, 7) is 3.36. The second-order valence-corrected chi connectivity index (χ2v) is 5.21. The van der Waals surface area contributed by atoms with E-state index in [9.17, 15) is 0 Å². The Morgan fingerprint density at radius 2 is 2.29 bits per heavy atom. The molecule has 0 saturated heterocycles. The average molecular weight is 232 g/mol. The van der Waals surface area contributed by atoms with E-state index in [1.165, 1.54) is 37.8 Å². The standard InChI is InChI=1S/C15H24N2/c1-2-9-16-15(11-13-6-5-7-13)12-14-8-3-4-10-17-14/h3-4,8,10,13,15-16H,2,5-7,9,11-12H2,1H3. The van der Waals surface area contributed by atoms with Crippen LogP contribution in [0.15, 0.2) is 24.4 Å². The smallest absolute Gasteiger partial charge is 0.0419 e. The van der Waals surface area contributed by atoms with Gasteiger partial charge in [0, 0.05) is 24.4 Å². The lowest BCUT2D eigenvalue weighted by atomic mass is 9.80. The molecule has 1 aromatic rings. The van der Waals surface area contributed by atoms with Gasteiger partial charge in [-0.3, -0.25) is 4.98 Å². The minimum atomic E-state index is 0.621. The van der Waals surface area contributed by atoms with E-state index in [-0.39, 0.29) is 0 Å². The zero-order chi connectivity index (χ0) is 11.9. The molecule has 0 amide bonds. The summed E-state index contributed by atoms with van der Waals surface area (Å²) in [6, 6.07) is 6.84. The first-order valence-electron chi connectivity index (χ1n) is 7.01. The molecule has 1 aromatic heterocycles. The van der Waals surface area contributed by atoms with Gasteiger partial charge < -0.3 is 5.32 Å². The highest BCUT2D eigenvalue weighted by atomic mass is 14.9. The summed E-state index contributed by atoms with van der Waals surface area (Å²) >= 11 is 0. The van der Waals surface area contributed by atoms with Gasteiger partial charge >= 0.3 is 0 Å². The number of nitrogens with zero attached hydrogens (tertiary/aromatic N) is 1. The molecule has 17 heavy (non-hydrogen) atoms. The Kier molecular flexibility index (Phi) is 4.99. The van der Waals surface area contributed by atoms with Crippen molar-refractivity contribution in [2.45, 2.75) is 51.5 Å². The summed E-state index contributed by atoms with van der Waals surface area (Å²) in [7, 11) is 0. The van der Waals surface area contributed by atoms with Crippen molar-refractivity contribution in [2.75, 3.05) is 6.54 Å². The molecule has 1 saturated carbocycles. The summed E-state index contributed by atoms with van der Waals surface area (Å²) in [5.74, 6) is 0.966. The molecule has 1 fully saturated rings. The summed E-state index contributed by atoms with van der Waals surface area (Å²) < 4.78 is 0. The van der Waals surface area contributed by atoms with Gasteiger partial charge in [-0.1, -0.05) is 32.3 Å². The molecule has 0 aliphatic heterocycles. The summed E-state index contributed by atoms with van der Waals surface area (Å²) in [4.78, 5) is 4.44. The zero-order valence-corrected chi connectivity index (χ0v) is 10.9. The van der Waals surface area contributed by atoms with Crippen molar-refractivity contribution in [1.29, 1.82) is 0 Å². The lowest BCUT2D eigenvalue weighted by molar-refractivity contribution is 0.258. The monoisotopic (exact) mass is 232 g/mol. The third-order valence-corrected chi connectivity index (χ3v) is 3.71. The lowest BCUT2D eigenvalue weighted by Crippen LogP contribution is -2.35. The maximum atomic E-state index is 4.44. The summed E-state index contributed by atoms with van der Waals surface area (Å²) in [5.41, 5.74) is 1.22. The van der Waals surface area contributed by atoms with Crippen molar-refractivity contribution >= 4 is 0 Å². The Morgan fingerprint density at radius 1 is 1.41 bits per heavy atom. The first-order chi connectivity index (χ1) is 8.38. The van der Waals surface area contributed by atoms with Gasteiger partial charge in [0.05, 0.1) is 0 Å². The molecule has 1 N–H and O–H groups in total. The van der Waals surface area contributed by atoms with E-state index in [2.05, 4.69) is 29.4 Å². The van der Waals surface area contributed by atoms with Crippen LogP contribution in [0.3, 0.4) is 0 Å². The molecule has 0 aromatic carbocycles. The van der Waals surface area contributed by atoms with Crippen LogP contribution in [0.25, 0.3) is 0 Å². The molecule has 0 spiro atoms. The molecule has 2 heteroatoms. The van der Waals surface area contributed by atoms with E-state index >= 15 is 0 Å². The molecule has 1 aliphatic carbocycles. The lowest BCUT2D eigenvalue weighted by Gasteiger charge is -2.30. The fraction of sp³-hybridized carbons (Fsp3) is 0.667. The Labute approximate surface area is 105 Å². The minimum Gasteiger partial charge on any atom is -0.314 e. The van der Waals surface area contributed by atoms with Gasteiger partial charge in [-0.15, -0.1) is 0 Å².